The van der Waals surface area contributed by atoms with Gasteiger partial charge in [0.1, 0.15) is 6.04 Å². The predicted molar refractivity (Wildman–Crippen MR) is 85.8 cm³/mol. The minimum atomic E-state index is -4.64. The second-order valence-corrected chi connectivity index (χ2v) is 5.99. The molecule has 0 radical (unpaired) electrons. The Labute approximate surface area is 146 Å². The Morgan fingerprint density at radius 2 is 1.96 bits per heavy atom. The molecule has 1 fully saturated rings. The Balaban J connectivity index is 1.86. The number of hydrogen-bond acceptors (Lipinski definition) is 4. The lowest BCUT2D eigenvalue weighted by Crippen LogP contribution is -2.44. The highest BCUT2D eigenvalue weighted by molar-refractivity contribution is 5.96. The second kappa shape index (κ2) is 6.91. The maximum atomic E-state index is 13.1. The molecule has 0 bridgehead atoms. The topological polar surface area (TPSA) is 73.2 Å². The zero-order valence-corrected chi connectivity index (χ0v) is 13.8. The fraction of sp³-hybridized carbons (Fsp3) is 0.353. The minimum absolute atomic E-state index is 0.0760. The highest BCUT2D eigenvalue weighted by atomic mass is 19.4. The molecular formula is C17H16F3N3O3. The largest absolute Gasteiger partial charge is 0.417 e. The van der Waals surface area contributed by atoms with E-state index >= 15 is 0 Å². The molecule has 1 aromatic carbocycles. The molecule has 9 heteroatoms. The van der Waals surface area contributed by atoms with Crippen LogP contribution in [-0.4, -0.2) is 34.9 Å². The third-order valence-corrected chi connectivity index (χ3v) is 4.12. The van der Waals surface area contributed by atoms with Crippen LogP contribution in [0.4, 0.5) is 13.2 Å². The van der Waals surface area contributed by atoms with Crippen molar-refractivity contribution < 1.29 is 22.7 Å². The number of carbonyl (C=O) groups excluding carboxylic acids is 1. The molecule has 2 atom stereocenters. The van der Waals surface area contributed by atoms with Crippen LogP contribution in [-0.2, 0) is 10.9 Å². The van der Waals surface area contributed by atoms with Crippen LogP contribution in [0.25, 0.3) is 0 Å². The van der Waals surface area contributed by atoms with E-state index < -0.39 is 35.3 Å². The summed E-state index contributed by atoms with van der Waals surface area (Å²) in [6, 6.07) is 6.18. The molecule has 2 unspecified atom stereocenters. The molecule has 0 spiro atoms. The van der Waals surface area contributed by atoms with Gasteiger partial charge >= 0.3 is 6.18 Å². The average Bonchev–Trinajstić information content (AvgIpc) is 3.04. The Kier molecular flexibility index (Phi) is 4.82. The standard InChI is InChI=1S/C17H16F3N3O3/c1-10-6-7-15(24)23(22-10)14-9-26-8-13(14)21-16(25)11-4-2-3-5-12(11)17(18,19)20/h2-7,13-14H,8-9H2,1H3,(H,21,25). The van der Waals surface area contributed by atoms with Gasteiger partial charge in [0.05, 0.1) is 36.1 Å². The first-order chi connectivity index (χ1) is 12.3. The first-order valence-corrected chi connectivity index (χ1v) is 7.88. The number of alkyl halides is 3. The molecule has 1 N–H and O–H groups in total. The first-order valence-electron chi connectivity index (χ1n) is 7.88. The third kappa shape index (κ3) is 3.62. The lowest BCUT2D eigenvalue weighted by atomic mass is 10.1. The predicted octanol–water partition coefficient (Wildman–Crippen LogP) is 1.94. The molecule has 0 aliphatic carbocycles. The summed E-state index contributed by atoms with van der Waals surface area (Å²) in [5, 5.41) is 6.67. The average molecular weight is 367 g/mol. The summed E-state index contributed by atoms with van der Waals surface area (Å²) in [6.07, 6.45) is -4.64. The molecule has 1 aliphatic rings. The zero-order valence-electron chi connectivity index (χ0n) is 13.8. The third-order valence-electron chi connectivity index (χ3n) is 4.12. The summed E-state index contributed by atoms with van der Waals surface area (Å²) >= 11 is 0. The lowest BCUT2D eigenvalue weighted by Gasteiger charge is -2.21. The number of benzene rings is 1. The van der Waals surface area contributed by atoms with Crippen molar-refractivity contribution in [2.24, 2.45) is 0 Å². The number of aromatic nitrogens is 2. The highest BCUT2D eigenvalue weighted by Gasteiger charge is 2.37. The molecule has 138 valence electrons. The highest BCUT2D eigenvalue weighted by Crippen LogP contribution is 2.32. The molecular weight excluding hydrogens is 351 g/mol. The summed E-state index contributed by atoms with van der Waals surface area (Å²) in [4.78, 5) is 24.5. The molecule has 1 aliphatic heterocycles. The van der Waals surface area contributed by atoms with Gasteiger partial charge < -0.3 is 10.1 Å². The fourth-order valence-corrected chi connectivity index (χ4v) is 2.85. The molecule has 2 aromatic rings. The van der Waals surface area contributed by atoms with E-state index in [0.29, 0.717) is 5.69 Å². The van der Waals surface area contributed by atoms with Crippen molar-refractivity contribution in [3.63, 3.8) is 0 Å². The van der Waals surface area contributed by atoms with E-state index in [2.05, 4.69) is 10.4 Å². The van der Waals surface area contributed by atoms with Crippen LogP contribution in [0.5, 0.6) is 0 Å². The lowest BCUT2D eigenvalue weighted by molar-refractivity contribution is -0.137. The first kappa shape index (κ1) is 18.1. The van der Waals surface area contributed by atoms with E-state index in [9.17, 15) is 22.8 Å². The van der Waals surface area contributed by atoms with Gasteiger partial charge in [-0.3, -0.25) is 9.59 Å². The second-order valence-electron chi connectivity index (χ2n) is 5.99. The van der Waals surface area contributed by atoms with Gasteiger partial charge in [-0.05, 0) is 25.1 Å². The van der Waals surface area contributed by atoms with E-state index in [1.807, 2.05) is 0 Å². The minimum Gasteiger partial charge on any atom is -0.377 e. The fourth-order valence-electron chi connectivity index (χ4n) is 2.85. The summed E-state index contributed by atoms with van der Waals surface area (Å²) in [5.74, 6) is -0.876. The Bertz CT molecular complexity index is 879. The van der Waals surface area contributed by atoms with Gasteiger partial charge in [-0.15, -0.1) is 0 Å². The van der Waals surface area contributed by atoms with Crippen molar-refractivity contribution in [2.45, 2.75) is 25.2 Å². The number of amides is 1. The number of carbonyl (C=O) groups is 1. The van der Waals surface area contributed by atoms with Gasteiger partial charge in [0, 0.05) is 6.07 Å². The number of ether oxygens (including phenoxy) is 1. The van der Waals surface area contributed by atoms with E-state index in [0.717, 1.165) is 12.1 Å². The molecule has 3 rings (SSSR count). The van der Waals surface area contributed by atoms with Crippen molar-refractivity contribution in [3.8, 4) is 0 Å². The smallest absolute Gasteiger partial charge is 0.377 e. The van der Waals surface area contributed by atoms with Crippen LogP contribution in [0.1, 0.15) is 27.7 Å². The van der Waals surface area contributed by atoms with Gasteiger partial charge in [-0.1, -0.05) is 12.1 Å². The van der Waals surface area contributed by atoms with Crippen LogP contribution < -0.4 is 10.9 Å². The van der Waals surface area contributed by atoms with E-state index in [-0.39, 0.29) is 18.8 Å². The van der Waals surface area contributed by atoms with Gasteiger partial charge in [-0.25, -0.2) is 4.68 Å². The Morgan fingerprint density at radius 3 is 2.69 bits per heavy atom. The van der Waals surface area contributed by atoms with Crippen LogP contribution in [0.2, 0.25) is 0 Å². The molecule has 1 amide bonds. The summed E-state index contributed by atoms with van der Waals surface area (Å²) < 4.78 is 45.8. The molecule has 26 heavy (non-hydrogen) atoms. The number of nitrogens with zero attached hydrogens (tertiary/aromatic N) is 2. The molecule has 0 saturated carbocycles. The van der Waals surface area contributed by atoms with Gasteiger partial charge in [-0.2, -0.15) is 18.3 Å². The summed E-state index contributed by atoms with van der Waals surface area (Å²) in [5.41, 5.74) is -1.26. The normalized spacial score (nSPS) is 20.2. The van der Waals surface area contributed by atoms with Crippen molar-refractivity contribution in [1.29, 1.82) is 0 Å². The quantitative estimate of drug-likeness (QED) is 0.900. The number of rotatable bonds is 3. The van der Waals surface area contributed by atoms with Gasteiger partial charge in [0.2, 0.25) is 0 Å². The number of halogens is 3. The Morgan fingerprint density at radius 1 is 1.23 bits per heavy atom. The molecule has 2 heterocycles. The van der Waals surface area contributed by atoms with Crippen molar-refractivity contribution >= 4 is 5.91 Å². The number of hydrogen-bond donors (Lipinski definition) is 1. The zero-order chi connectivity index (χ0) is 18.9. The van der Waals surface area contributed by atoms with E-state index in [1.54, 1.807) is 13.0 Å². The van der Waals surface area contributed by atoms with E-state index in [4.69, 9.17) is 4.74 Å². The van der Waals surface area contributed by atoms with Crippen LogP contribution in [0.15, 0.2) is 41.2 Å². The number of nitrogens with one attached hydrogen (secondary N) is 1. The van der Waals surface area contributed by atoms with Crippen molar-refractivity contribution in [3.05, 3.63) is 63.6 Å². The number of aryl methyl sites for hydroxylation is 1. The van der Waals surface area contributed by atoms with Crippen LogP contribution in [0, 0.1) is 6.92 Å². The van der Waals surface area contributed by atoms with Crippen LogP contribution in [0.3, 0.4) is 0 Å². The monoisotopic (exact) mass is 367 g/mol. The summed E-state index contributed by atoms with van der Waals surface area (Å²) in [6.45, 7) is 1.91. The SMILES string of the molecule is Cc1ccc(=O)n(C2COCC2NC(=O)c2ccccc2C(F)(F)F)n1. The van der Waals surface area contributed by atoms with Crippen molar-refractivity contribution in [1.82, 2.24) is 15.1 Å². The Hall–Kier alpha value is -2.68. The maximum absolute atomic E-state index is 13.1. The molecule has 6 nitrogen and oxygen atoms in total. The molecule has 1 saturated heterocycles. The van der Waals surface area contributed by atoms with Crippen molar-refractivity contribution in [2.75, 3.05) is 13.2 Å². The van der Waals surface area contributed by atoms with Gasteiger partial charge in [0.25, 0.3) is 11.5 Å². The summed E-state index contributed by atoms with van der Waals surface area (Å²) in [7, 11) is 0. The maximum Gasteiger partial charge on any atom is 0.417 e. The van der Waals surface area contributed by atoms with Crippen LogP contribution >= 0.6 is 0 Å². The van der Waals surface area contributed by atoms with Gasteiger partial charge in [0.15, 0.2) is 0 Å². The molecule has 1 aromatic heterocycles. The van der Waals surface area contributed by atoms with E-state index in [1.165, 1.54) is 22.9 Å².